The van der Waals surface area contributed by atoms with Crippen molar-refractivity contribution < 1.29 is 31.5 Å². The van der Waals surface area contributed by atoms with Crippen molar-refractivity contribution in [2.24, 2.45) is 0 Å². The SMILES string of the molecule is CCOC(=O)c1c(C(F)(F)F)ncc(Cl)c1C(F)F. The van der Waals surface area contributed by atoms with Crippen molar-refractivity contribution in [3.63, 3.8) is 0 Å². The summed E-state index contributed by atoms with van der Waals surface area (Å²) >= 11 is 5.37. The summed E-state index contributed by atoms with van der Waals surface area (Å²) in [4.78, 5) is 14.3. The lowest BCUT2D eigenvalue weighted by Crippen LogP contribution is -2.20. The van der Waals surface area contributed by atoms with E-state index >= 15 is 0 Å². The van der Waals surface area contributed by atoms with Crippen molar-refractivity contribution >= 4 is 17.6 Å². The first-order valence-corrected chi connectivity index (χ1v) is 5.28. The molecular weight excluding hydrogens is 297 g/mol. The number of carbonyl (C=O) groups is 1. The molecule has 0 bridgehead atoms. The second-order valence-corrected chi connectivity index (χ2v) is 3.67. The quantitative estimate of drug-likeness (QED) is 0.628. The summed E-state index contributed by atoms with van der Waals surface area (Å²) < 4.78 is 67.9. The predicted molar refractivity (Wildman–Crippen MR) is 55.2 cm³/mol. The monoisotopic (exact) mass is 303 g/mol. The second-order valence-electron chi connectivity index (χ2n) is 3.26. The average Bonchev–Trinajstić information content (AvgIpc) is 2.26. The van der Waals surface area contributed by atoms with Crippen LogP contribution in [-0.2, 0) is 10.9 Å². The summed E-state index contributed by atoms with van der Waals surface area (Å²) in [5.41, 5.74) is -4.33. The summed E-state index contributed by atoms with van der Waals surface area (Å²) in [7, 11) is 0. The molecule has 1 aromatic heterocycles. The molecule has 1 rings (SSSR count). The number of hydrogen-bond acceptors (Lipinski definition) is 3. The number of aromatic nitrogens is 1. The molecule has 9 heteroatoms. The lowest BCUT2D eigenvalue weighted by Gasteiger charge is -2.15. The van der Waals surface area contributed by atoms with Crippen molar-refractivity contribution in [1.82, 2.24) is 4.98 Å². The van der Waals surface area contributed by atoms with Gasteiger partial charge in [0, 0.05) is 6.20 Å². The van der Waals surface area contributed by atoms with Crippen LogP contribution in [0.15, 0.2) is 6.20 Å². The van der Waals surface area contributed by atoms with Crippen LogP contribution >= 0.6 is 11.6 Å². The zero-order valence-electron chi connectivity index (χ0n) is 9.39. The van der Waals surface area contributed by atoms with Crippen LogP contribution in [0.5, 0.6) is 0 Å². The summed E-state index contributed by atoms with van der Waals surface area (Å²) in [5.74, 6) is -1.54. The van der Waals surface area contributed by atoms with Crippen LogP contribution in [0.25, 0.3) is 0 Å². The number of alkyl halides is 5. The summed E-state index contributed by atoms with van der Waals surface area (Å²) in [6.45, 7) is 1.05. The van der Waals surface area contributed by atoms with Gasteiger partial charge in [-0.05, 0) is 6.92 Å². The van der Waals surface area contributed by atoms with Gasteiger partial charge >= 0.3 is 12.1 Å². The molecule has 0 unspecified atom stereocenters. The number of carbonyl (C=O) groups excluding carboxylic acids is 1. The first-order chi connectivity index (χ1) is 8.70. The average molecular weight is 304 g/mol. The molecule has 1 aromatic rings. The number of esters is 1. The molecule has 1 heterocycles. The van der Waals surface area contributed by atoms with E-state index in [1.165, 1.54) is 6.92 Å². The summed E-state index contributed by atoms with van der Waals surface area (Å²) in [6, 6.07) is 0. The van der Waals surface area contributed by atoms with Crippen LogP contribution in [0.1, 0.15) is 35.0 Å². The molecule has 106 valence electrons. The highest BCUT2D eigenvalue weighted by molar-refractivity contribution is 6.31. The number of rotatable bonds is 3. The van der Waals surface area contributed by atoms with Gasteiger partial charge in [-0.2, -0.15) is 13.2 Å². The van der Waals surface area contributed by atoms with Crippen LogP contribution in [-0.4, -0.2) is 17.6 Å². The van der Waals surface area contributed by atoms with Crippen LogP contribution in [0.4, 0.5) is 22.0 Å². The van der Waals surface area contributed by atoms with Gasteiger partial charge in [0.05, 0.1) is 17.2 Å². The van der Waals surface area contributed by atoms with Gasteiger partial charge in [-0.1, -0.05) is 11.6 Å². The zero-order chi connectivity index (χ0) is 14.8. The molecule has 0 radical (unpaired) electrons. The van der Waals surface area contributed by atoms with Crippen molar-refractivity contribution in [3.05, 3.63) is 28.0 Å². The molecule has 0 saturated carbocycles. The first-order valence-electron chi connectivity index (χ1n) is 4.91. The Balaban J connectivity index is 3.59. The molecule has 3 nitrogen and oxygen atoms in total. The molecule has 0 aliphatic carbocycles. The highest BCUT2D eigenvalue weighted by Gasteiger charge is 2.41. The molecule has 0 atom stereocenters. The van der Waals surface area contributed by atoms with E-state index < -0.39 is 40.4 Å². The van der Waals surface area contributed by atoms with Crippen molar-refractivity contribution in [2.45, 2.75) is 19.5 Å². The topological polar surface area (TPSA) is 39.2 Å². The second kappa shape index (κ2) is 5.68. The fourth-order valence-electron chi connectivity index (χ4n) is 1.34. The van der Waals surface area contributed by atoms with Crippen molar-refractivity contribution in [2.75, 3.05) is 6.61 Å². The lowest BCUT2D eigenvalue weighted by molar-refractivity contribution is -0.141. The van der Waals surface area contributed by atoms with Gasteiger partial charge < -0.3 is 4.74 Å². The Kier molecular flexibility index (Phi) is 4.67. The van der Waals surface area contributed by atoms with Gasteiger partial charge in [0.15, 0.2) is 5.69 Å². The highest BCUT2D eigenvalue weighted by Crippen LogP contribution is 2.38. The Hall–Kier alpha value is -1.44. The largest absolute Gasteiger partial charge is 0.462 e. The number of ether oxygens (including phenoxy) is 1. The normalized spacial score (nSPS) is 11.8. The molecule has 0 amide bonds. The summed E-state index contributed by atoms with van der Waals surface area (Å²) in [5, 5.41) is -0.731. The third-order valence-corrected chi connectivity index (χ3v) is 2.34. The van der Waals surface area contributed by atoms with Gasteiger partial charge in [0.1, 0.15) is 5.56 Å². The first kappa shape index (κ1) is 15.6. The van der Waals surface area contributed by atoms with Crippen molar-refractivity contribution in [1.29, 1.82) is 0 Å². The number of halogens is 6. The van der Waals surface area contributed by atoms with Gasteiger partial charge in [-0.25, -0.2) is 18.6 Å². The zero-order valence-corrected chi connectivity index (χ0v) is 10.1. The Bertz CT molecular complexity index is 490. The van der Waals surface area contributed by atoms with Gasteiger partial charge in [-0.15, -0.1) is 0 Å². The molecule has 0 N–H and O–H groups in total. The van der Waals surface area contributed by atoms with E-state index in [1.54, 1.807) is 0 Å². The minimum Gasteiger partial charge on any atom is -0.462 e. The summed E-state index contributed by atoms with van der Waals surface area (Å²) in [6.07, 6.45) is -8.01. The Morgan fingerprint density at radius 2 is 2.05 bits per heavy atom. The maximum absolute atomic E-state index is 12.8. The van der Waals surface area contributed by atoms with Gasteiger partial charge in [-0.3, -0.25) is 0 Å². The standard InChI is InChI=1S/C10H7ClF5NO2/c1-2-19-9(18)6-5(8(12)13)4(11)3-17-7(6)10(14,15)16/h3,8H,2H2,1H3. The highest BCUT2D eigenvalue weighted by atomic mass is 35.5. The Labute approximate surface area is 109 Å². The molecule has 0 aliphatic heterocycles. The lowest BCUT2D eigenvalue weighted by atomic mass is 10.1. The number of hydrogen-bond donors (Lipinski definition) is 0. The fourth-order valence-corrected chi connectivity index (χ4v) is 1.57. The molecule has 0 aromatic carbocycles. The van der Waals surface area contributed by atoms with Crippen molar-refractivity contribution in [3.8, 4) is 0 Å². The molecule has 0 saturated heterocycles. The fraction of sp³-hybridized carbons (Fsp3) is 0.400. The van der Waals surface area contributed by atoms with Gasteiger partial charge in [0.2, 0.25) is 0 Å². The third kappa shape index (κ3) is 3.31. The Morgan fingerprint density at radius 1 is 1.47 bits per heavy atom. The van der Waals surface area contributed by atoms with Crippen LogP contribution < -0.4 is 0 Å². The molecule has 0 spiro atoms. The third-order valence-electron chi connectivity index (χ3n) is 2.04. The van der Waals surface area contributed by atoms with E-state index in [1.807, 2.05) is 0 Å². The molecule has 0 aliphatic rings. The van der Waals surface area contributed by atoms with Crippen LogP contribution in [0.3, 0.4) is 0 Å². The maximum atomic E-state index is 12.8. The van der Waals surface area contributed by atoms with E-state index in [0.29, 0.717) is 6.20 Å². The van der Waals surface area contributed by atoms with Crippen LogP contribution in [0.2, 0.25) is 5.02 Å². The van der Waals surface area contributed by atoms with E-state index in [9.17, 15) is 26.7 Å². The van der Waals surface area contributed by atoms with E-state index in [2.05, 4.69) is 9.72 Å². The Morgan fingerprint density at radius 3 is 2.47 bits per heavy atom. The van der Waals surface area contributed by atoms with E-state index in [-0.39, 0.29) is 6.61 Å². The van der Waals surface area contributed by atoms with E-state index in [4.69, 9.17) is 11.6 Å². The minimum absolute atomic E-state index is 0.272. The van der Waals surface area contributed by atoms with E-state index in [0.717, 1.165) is 0 Å². The number of pyridine rings is 1. The minimum atomic E-state index is -5.07. The molecular formula is C10H7ClF5NO2. The maximum Gasteiger partial charge on any atom is 0.434 e. The molecule has 0 fully saturated rings. The smallest absolute Gasteiger partial charge is 0.434 e. The number of nitrogens with zero attached hydrogens (tertiary/aromatic N) is 1. The van der Waals surface area contributed by atoms with Crippen LogP contribution in [0, 0.1) is 0 Å². The molecule has 19 heavy (non-hydrogen) atoms. The predicted octanol–water partition coefficient (Wildman–Crippen LogP) is 3.87. The van der Waals surface area contributed by atoms with Gasteiger partial charge in [0.25, 0.3) is 6.43 Å².